The molecular weight excluding hydrogens is 274 g/mol. The minimum Gasteiger partial charge on any atom is -0.309 e. The summed E-state index contributed by atoms with van der Waals surface area (Å²) in [6.07, 6.45) is 4.97. The van der Waals surface area contributed by atoms with E-state index in [1.165, 1.54) is 11.1 Å². The van der Waals surface area contributed by atoms with E-state index in [0.717, 1.165) is 12.1 Å². The third-order valence-electron chi connectivity index (χ3n) is 3.49. The van der Waals surface area contributed by atoms with Crippen LogP contribution in [0.4, 0.5) is 0 Å². The summed E-state index contributed by atoms with van der Waals surface area (Å²) in [6.45, 7) is 2.07. The molecule has 4 nitrogen and oxygen atoms in total. The molecule has 22 heavy (non-hydrogen) atoms. The highest BCUT2D eigenvalue weighted by molar-refractivity contribution is 6.14. The topological polar surface area (TPSA) is 54.4 Å². The predicted octanol–water partition coefficient (Wildman–Crippen LogP) is 2.89. The van der Waals surface area contributed by atoms with Crippen molar-refractivity contribution in [3.63, 3.8) is 0 Å². The van der Waals surface area contributed by atoms with Crippen molar-refractivity contribution >= 4 is 17.8 Å². The van der Waals surface area contributed by atoms with Crippen LogP contribution in [0.5, 0.6) is 0 Å². The Kier molecular flexibility index (Phi) is 4.10. The van der Waals surface area contributed by atoms with Crippen LogP contribution in [0.2, 0.25) is 0 Å². The van der Waals surface area contributed by atoms with Crippen LogP contribution >= 0.6 is 0 Å². The summed E-state index contributed by atoms with van der Waals surface area (Å²) in [5, 5.41) is 2.82. The fourth-order valence-corrected chi connectivity index (χ4v) is 2.25. The minimum absolute atomic E-state index is 0.162. The standard InChI is InChI=1S/C18H17N3O/c1-13-5-7-14(8-6-13)9-10-17-20-16(18(22)21-17)12-15-4-2-3-11-19-15/h2-8,11-12H,9-10H2,1H3,(H,20,21,22)/b16-12+. The molecule has 0 unspecified atom stereocenters. The molecule has 4 heteroatoms. The number of aromatic nitrogens is 1. The van der Waals surface area contributed by atoms with Crippen molar-refractivity contribution < 1.29 is 4.79 Å². The molecule has 0 saturated heterocycles. The monoisotopic (exact) mass is 291 g/mol. The highest BCUT2D eigenvalue weighted by Gasteiger charge is 2.19. The summed E-state index contributed by atoms with van der Waals surface area (Å²) < 4.78 is 0. The summed E-state index contributed by atoms with van der Waals surface area (Å²) >= 11 is 0. The lowest BCUT2D eigenvalue weighted by Crippen LogP contribution is -2.24. The lowest BCUT2D eigenvalue weighted by molar-refractivity contribution is -0.115. The predicted molar refractivity (Wildman–Crippen MR) is 87.3 cm³/mol. The Hall–Kier alpha value is -2.75. The maximum atomic E-state index is 11.9. The maximum Gasteiger partial charge on any atom is 0.275 e. The normalized spacial score (nSPS) is 15.8. The van der Waals surface area contributed by atoms with E-state index in [1.807, 2.05) is 18.2 Å². The van der Waals surface area contributed by atoms with Crippen molar-refractivity contribution in [2.45, 2.75) is 19.8 Å². The van der Waals surface area contributed by atoms with E-state index in [9.17, 15) is 4.79 Å². The number of aryl methyl sites for hydroxylation is 2. The zero-order valence-corrected chi connectivity index (χ0v) is 12.4. The zero-order chi connectivity index (χ0) is 15.4. The average molecular weight is 291 g/mol. The molecule has 1 aliphatic rings. The van der Waals surface area contributed by atoms with Gasteiger partial charge in [0.1, 0.15) is 11.5 Å². The van der Waals surface area contributed by atoms with E-state index >= 15 is 0 Å². The minimum atomic E-state index is -0.162. The number of aliphatic imine (C=N–C) groups is 1. The van der Waals surface area contributed by atoms with Crippen LogP contribution in [0.3, 0.4) is 0 Å². The molecular formula is C18H17N3O. The van der Waals surface area contributed by atoms with E-state index in [4.69, 9.17) is 0 Å². The van der Waals surface area contributed by atoms with Gasteiger partial charge in [0.05, 0.1) is 5.69 Å². The molecule has 0 atom stereocenters. The van der Waals surface area contributed by atoms with Crippen molar-refractivity contribution in [3.05, 3.63) is 71.2 Å². The summed E-state index contributed by atoms with van der Waals surface area (Å²) in [7, 11) is 0. The van der Waals surface area contributed by atoms with E-state index < -0.39 is 0 Å². The van der Waals surface area contributed by atoms with Crippen LogP contribution in [-0.2, 0) is 11.2 Å². The van der Waals surface area contributed by atoms with Gasteiger partial charge in [-0.05, 0) is 37.1 Å². The van der Waals surface area contributed by atoms with Gasteiger partial charge in [0.15, 0.2) is 0 Å². The zero-order valence-electron chi connectivity index (χ0n) is 12.4. The molecule has 1 N–H and O–H groups in total. The molecule has 1 aromatic heterocycles. The second-order valence-corrected chi connectivity index (χ2v) is 5.28. The Balaban J connectivity index is 1.68. The molecule has 1 amide bonds. The molecule has 0 bridgehead atoms. The van der Waals surface area contributed by atoms with Gasteiger partial charge in [0, 0.05) is 12.6 Å². The number of hydrogen-bond acceptors (Lipinski definition) is 3. The van der Waals surface area contributed by atoms with Crippen molar-refractivity contribution in [1.29, 1.82) is 0 Å². The molecule has 0 saturated carbocycles. The number of amidine groups is 1. The van der Waals surface area contributed by atoms with E-state index in [-0.39, 0.29) is 5.91 Å². The number of rotatable bonds is 4. The van der Waals surface area contributed by atoms with Crippen molar-refractivity contribution in [1.82, 2.24) is 10.3 Å². The summed E-state index contributed by atoms with van der Waals surface area (Å²) in [6, 6.07) is 14.0. The number of amides is 1. The van der Waals surface area contributed by atoms with Crippen LogP contribution < -0.4 is 5.32 Å². The molecule has 0 radical (unpaired) electrons. The van der Waals surface area contributed by atoms with Crippen LogP contribution in [0.25, 0.3) is 6.08 Å². The Morgan fingerprint density at radius 3 is 2.64 bits per heavy atom. The smallest absolute Gasteiger partial charge is 0.275 e. The second kappa shape index (κ2) is 6.35. The van der Waals surface area contributed by atoms with Gasteiger partial charge < -0.3 is 5.32 Å². The first kappa shape index (κ1) is 14.2. The second-order valence-electron chi connectivity index (χ2n) is 5.28. The van der Waals surface area contributed by atoms with Crippen LogP contribution in [0.15, 0.2) is 59.4 Å². The van der Waals surface area contributed by atoms with Crippen LogP contribution in [-0.4, -0.2) is 16.7 Å². The summed E-state index contributed by atoms with van der Waals surface area (Å²) in [4.78, 5) is 20.5. The summed E-state index contributed by atoms with van der Waals surface area (Å²) in [5.74, 6) is 0.553. The number of nitrogens with one attached hydrogen (secondary N) is 1. The first-order valence-corrected chi connectivity index (χ1v) is 7.28. The van der Waals surface area contributed by atoms with Gasteiger partial charge in [-0.15, -0.1) is 0 Å². The Morgan fingerprint density at radius 2 is 1.91 bits per heavy atom. The van der Waals surface area contributed by atoms with Crippen molar-refractivity contribution in [3.8, 4) is 0 Å². The van der Waals surface area contributed by atoms with Gasteiger partial charge in [-0.25, -0.2) is 4.99 Å². The third kappa shape index (κ3) is 3.47. The van der Waals surface area contributed by atoms with Crippen LogP contribution in [0.1, 0.15) is 23.2 Å². The number of nitrogens with zero attached hydrogens (tertiary/aromatic N) is 2. The van der Waals surface area contributed by atoms with Gasteiger partial charge >= 0.3 is 0 Å². The fraction of sp³-hybridized carbons (Fsp3) is 0.167. The average Bonchev–Trinajstić information content (AvgIpc) is 2.88. The van der Waals surface area contributed by atoms with Crippen molar-refractivity contribution in [2.24, 2.45) is 4.99 Å². The SMILES string of the molecule is Cc1ccc(CCC2=N/C(=C/c3ccccn3)C(=O)N2)cc1. The Bertz CT molecular complexity index is 731. The molecule has 1 aromatic carbocycles. The number of hydrogen-bond donors (Lipinski definition) is 1. The molecule has 2 aromatic rings. The number of carbonyl (C=O) groups excluding carboxylic acids is 1. The maximum absolute atomic E-state index is 11.9. The number of pyridine rings is 1. The lowest BCUT2D eigenvalue weighted by atomic mass is 10.1. The fourth-order valence-electron chi connectivity index (χ4n) is 2.25. The lowest BCUT2D eigenvalue weighted by Gasteiger charge is -2.02. The first-order valence-electron chi connectivity index (χ1n) is 7.28. The largest absolute Gasteiger partial charge is 0.309 e. The molecule has 0 spiro atoms. The molecule has 110 valence electrons. The van der Waals surface area contributed by atoms with Crippen molar-refractivity contribution in [2.75, 3.05) is 0 Å². The van der Waals surface area contributed by atoms with Gasteiger partial charge in [0.2, 0.25) is 0 Å². The quantitative estimate of drug-likeness (QED) is 0.881. The first-order chi connectivity index (χ1) is 10.7. The summed E-state index contributed by atoms with van der Waals surface area (Å²) in [5.41, 5.74) is 3.63. The van der Waals surface area contributed by atoms with E-state index in [1.54, 1.807) is 12.3 Å². The van der Waals surface area contributed by atoms with Gasteiger partial charge in [-0.2, -0.15) is 0 Å². The number of benzene rings is 1. The van der Waals surface area contributed by atoms with E-state index in [2.05, 4.69) is 46.5 Å². The van der Waals surface area contributed by atoms with Gasteiger partial charge in [-0.1, -0.05) is 35.9 Å². The molecule has 3 rings (SSSR count). The third-order valence-corrected chi connectivity index (χ3v) is 3.49. The molecule has 0 fully saturated rings. The Morgan fingerprint density at radius 1 is 1.09 bits per heavy atom. The molecule has 0 aliphatic carbocycles. The molecule has 1 aliphatic heterocycles. The van der Waals surface area contributed by atoms with Crippen LogP contribution in [0, 0.1) is 6.92 Å². The Labute approximate surface area is 129 Å². The van der Waals surface area contributed by atoms with Gasteiger partial charge in [-0.3, -0.25) is 9.78 Å². The highest BCUT2D eigenvalue weighted by atomic mass is 16.2. The highest BCUT2D eigenvalue weighted by Crippen LogP contribution is 2.13. The number of carbonyl (C=O) groups is 1. The van der Waals surface area contributed by atoms with E-state index in [0.29, 0.717) is 18.0 Å². The van der Waals surface area contributed by atoms with Gasteiger partial charge in [0.25, 0.3) is 5.91 Å². The molecule has 2 heterocycles.